The highest BCUT2D eigenvalue weighted by atomic mass is 19.4. The van der Waals surface area contributed by atoms with Crippen LogP contribution in [0, 0.1) is 11.3 Å². The molecule has 0 saturated carbocycles. The average molecular weight is 495 g/mol. The summed E-state index contributed by atoms with van der Waals surface area (Å²) in [5, 5.41) is 11.8. The second-order valence-corrected chi connectivity index (χ2v) is 8.53. The lowest BCUT2D eigenvalue weighted by atomic mass is 10.1. The van der Waals surface area contributed by atoms with Gasteiger partial charge in [-0.3, -0.25) is 4.79 Å². The van der Waals surface area contributed by atoms with Crippen LogP contribution in [0.3, 0.4) is 0 Å². The molecule has 0 aliphatic carbocycles. The molecule has 4 rings (SSSR count). The molecule has 2 aromatic carbocycles. The molecular formula is C26H25F3N6O. The van der Waals surface area contributed by atoms with Crippen molar-refractivity contribution in [2.45, 2.75) is 38.0 Å². The molecule has 1 aliphatic rings. The number of nitrogens with one attached hydrogen (secondary N) is 1. The maximum Gasteiger partial charge on any atom is 0.451 e. The van der Waals surface area contributed by atoms with Crippen LogP contribution < -0.4 is 16.0 Å². The molecule has 7 nitrogen and oxygen atoms in total. The Hall–Kier alpha value is -3.97. The molecule has 1 atom stereocenters. The molecule has 0 spiro atoms. The van der Waals surface area contributed by atoms with Crippen LogP contribution in [-0.2, 0) is 23.9 Å². The zero-order valence-corrected chi connectivity index (χ0v) is 19.4. The van der Waals surface area contributed by atoms with Gasteiger partial charge in [0.25, 0.3) is 0 Å². The molecule has 10 heteroatoms. The van der Waals surface area contributed by atoms with Crippen LogP contribution in [0.25, 0.3) is 11.3 Å². The van der Waals surface area contributed by atoms with Crippen molar-refractivity contribution in [3.63, 3.8) is 0 Å². The van der Waals surface area contributed by atoms with Gasteiger partial charge in [-0.05, 0) is 42.5 Å². The Balaban J connectivity index is 1.52. The number of amides is 1. The minimum Gasteiger partial charge on any atom is -0.354 e. The fourth-order valence-electron chi connectivity index (χ4n) is 4.18. The van der Waals surface area contributed by atoms with Gasteiger partial charge in [0.2, 0.25) is 11.7 Å². The molecule has 0 unspecified atom stereocenters. The summed E-state index contributed by atoms with van der Waals surface area (Å²) in [6.45, 7) is 1.10. The Bertz CT molecular complexity index is 1250. The van der Waals surface area contributed by atoms with Crippen molar-refractivity contribution in [3.05, 3.63) is 77.1 Å². The number of hydrogen-bond acceptors (Lipinski definition) is 6. The molecule has 36 heavy (non-hydrogen) atoms. The normalized spacial score (nSPS) is 15.5. The van der Waals surface area contributed by atoms with Crippen molar-refractivity contribution >= 4 is 11.7 Å². The summed E-state index contributed by atoms with van der Waals surface area (Å²) >= 11 is 0. The second-order valence-electron chi connectivity index (χ2n) is 8.53. The molecule has 1 aliphatic heterocycles. The third-order valence-electron chi connectivity index (χ3n) is 6.10. The van der Waals surface area contributed by atoms with Crippen LogP contribution >= 0.6 is 0 Å². The Morgan fingerprint density at radius 1 is 1.11 bits per heavy atom. The predicted molar refractivity (Wildman–Crippen MR) is 129 cm³/mol. The highest BCUT2D eigenvalue weighted by molar-refractivity contribution is 5.85. The zero-order valence-electron chi connectivity index (χ0n) is 19.4. The number of nitriles is 1. The Morgan fingerprint density at radius 2 is 1.81 bits per heavy atom. The fourth-order valence-corrected chi connectivity index (χ4v) is 4.18. The van der Waals surface area contributed by atoms with E-state index < -0.39 is 18.0 Å². The van der Waals surface area contributed by atoms with Crippen LogP contribution in [0.1, 0.15) is 35.4 Å². The Morgan fingerprint density at radius 3 is 2.44 bits per heavy atom. The first kappa shape index (κ1) is 25.1. The number of halogens is 3. The lowest BCUT2D eigenvalue weighted by Gasteiger charge is -2.26. The van der Waals surface area contributed by atoms with Gasteiger partial charge in [0.15, 0.2) is 0 Å². The molecule has 186 valence electrons. The first-order valence-corrected chi connectivity index (χ1v) is 11.6. The number of rotatable bonds is 7. The molecule has 2 heterocycles. The highest BCUT2D eigenvalue weighted by Crippen LogP contribution is 2.33. The molecule has 3 N–H and O–H groups in total. The zero-order chi connectivity index (χ0) is 25.7. The summed E-state index contributed by atoms with van der Waals surface area (Å²) in [6, 6.07) is 16.8. The van der Waals surface area contributed by atoms with Crippen molar-refractivity contribution in [3.8, 4) is 17.3 Å². The fraction of sp³-hybridized carbons (Fsp3) is 0.308. The number of hydrogen-bond donors (Lipinski definition) is 2. The number of carbonyl (C=O) groups excluding carboxylic acids is 1. The largest absolute Gasteiger partial charge is 0.451 e. The number of anilines is 1. The van der Waals surface area contributed by atoms with Gasteiger partial charge in [-0.2, -0.15) is 18.4 Å². The van der Waals surface area contributed by atoms with E-state index in [0.717, 1.165) is 11.1 Å². The van der Waals surface area contributed by atoms with Crippen LogP contribution in [0.2, 0.25) is 0 Å². The van der Waals surface area contributed by atoms with Gasteiger partial charge >= 0.3 is 6.18 Å². The van der Waals surface area contributed by atoms with Gasteiger partial charge in [0.05, 0.1) is 17.3 Å². The van der Waals surface area contributed by atoms with E-state index in [-0.39, 0.29) is 17.4 Å². The second kappa shape index (κ2) is 10.7. The van der Waals surface area contributed by atoms with E-state index in [0.29, 0.717) is 50.0 Å². The molecule has 3 aromatic rings. The van der Waals surface area contributed by atoms with Gasteiger partial charge in [-0.25, -0.2) is 9.97 Å². The third-order valence-corrected chi connectivity index (χ3v) is 6.10. The van der Waals surface area contributed by atoms with Gasteiger partial charge in [-0.15, -0.1) is 0 Å². The maximum atomic E-state index is 13.6. The maximum absolute atomic E-state index is 13.6. The monoisotopic (exact) mass is 494 g/mol. The first-order chi connectivity index (χ1) is 17.3. The quantitative estimate of drug-likeness (QED) is 0.517. The summed E-state index contributed by atoms with van der Waals surface area (Å²) < 4.78 is 40.9. The molecule has 1 fully saturated rings. The van der Waals surface area contributed by atoms with Crippen molar-refractivity contribution in [2.75, 3.05) is 18.0 Å². The van der Waals surface area contributed by atoms with Crippen LogP contribution in [0.4, 0.5) is 19.0 Å². The van der Waals surface area contributed by atoms with E-state index in [1.165, 1.54) is 6.07 Å². The summed E-state index contributed by atoms with van der Waals surface area (Å²) in [5.41, 5.74) is 8.62. The number of nitrogens with zero attached hydrogens (tertiary/aromatic N) is 4. The first-order valence-electron chi connectivity index (χ1n) is 11.6. The minimum absolute atomic E-state index is 0.0694. The number of carbonyl (C=O) groups is 1. The van der Waals surface area contributed by atoms with Crippen molar-refractivity contribution in [1.82, 2.24) is 15.3 Å². The highest BCUT2D eigenvalue weighted by Gasteiger charge is 2.38. The minimum atomic E-state index is -4.74. The smallest absolute Gasteiger partial charge is 0.354 e. The number of alkyl halides is 3. The number of benzene rings is 2. The van der Waals surface area contributed by atoms with E-state index in [2.05, 4.69) is 21.4 Å². The van der Waals surface area contributed by atoms with E-state index in [1.54, 1.807) is 41.3 Å². The summed E-state index contributed by atoms with van der Waals surface area (Å²) in [7, 11) is 0. The summed E-state index contributed by atoms with van der Waals surface area (Å²) in [4.78, 5) is 22.1. The Kier molecular flexibility index (Phi) is 7.50. The van der Waals surface area contributed by atoms with Crippen LogP contribution in [0.5, 0.6) is 0 Å². The molecule has 1 saturated heterocycles. The molecule has 1 aromatic heterocycles. The molecule has 1 amide bonds. The van der Waals surface area contributed by atoms with E-state index in [1.807, 2.05) is 12.1 Å². The van der Waals surface area contributed by atoms with E-state index >= 15 is 0 Å². The average Bonchev–Trinajstić information content (AvgIpc) is 3.39. The van der Waals surface area contributed by atoms with Crippen molar-refractivity contribution in [2.24, 2.45) is 5.73 Å². The van der Waals surface area contributed by atoms with Crippen LogP contribution in [-0.4, -0.2) is 35.0 Å². The number of nitrogens with two attached hydrogens (primary N) is 1. The summed E-state index contributed by atoms with van der Waals surface area (Å²) in [5.74, 6) is -1.44. The third kappa shape index (κ3) is 5.80. The number of aromatic nitrogens is 2. The molecular weight excluding hydrogens is 469 g/mol. The SMILES string of the molecule is N#Cc1ccc(CCNC(=O)[C@@H]2CCCN2c2cc(-c3ccc(CN)cc3)nc(C(F)(F)F)n2)cc1. The van der Waals surface area contributed by atoms with Crippen molar-refractivity contribution in [1.29, 1.82) is 5.26 Å². The van der Waals surface area contributed by atoms with E-state index in [4.69, 9.17) is 11.0 Å². The summed E-state index contributed by atoms with van der Waals surface area (Å²) in [6.07, 6.45) is -3.01. The van der Waals surface area contributed by atoms with E-state index in [9.17, 15) is 18.0 Å². The van der Waals surface area contributed by atoms with Crippen LogP contribution in [0.15, 0.2) is 54.6 Å². The van der Waals surface area contributed by atoms with Gasteiger partial charge < -0.3 is 16.0 Å². The Labute approximate surface area is 206 Å². The predicted octanol–water partition coefficient (Wildman–Crippen LogP) is 3.82. The molecule has 0 radical (unpaired) electrons. The molecule has 0 bridgehead atoms. The lowest BCUT2D eigenvalue weighted by Crippen LogP contribution is -2.44. The van der Waals surface area contributed by atoms with Gasteiger partial charge in [0.1, 0.15) is 11.9 Å². The topological polar surface area (TPSA) is 108 Å². The lowest BCUT2D eigenvalue weighted by molar-refractivity contribution is -0.144. The van der Waals surface area contributed by atoms with Crippen molar-refractivity contribution < 1.29 is 18.0 Å². The van der Waals surface area contributed by atoms with Gasteiger partial charge in [-0.1, -0.05) is 36.4 Å². The standard InChI is InChI=1S/C26H25F3N6O/c27-26(28,29)25-33-21(20-9-7-19(16-31)8-10-20)14-23(34-25)35-13-1-2-22(35)24(36)32-12-11-17-3-5-18(15-30)6-4-17/h3-10,14,22H,1-2,11-13,16,31H2,(H,32,36)/t22-/m0/s1. The van der Waals surface area contributed by atoms with Gasteiger partial charge in [0, 0.05) is 31.3 Å².